The average molecular weight is 644 g/mol. The molecule has 6 aromatic carbocycles. The van der Waals surface area contributed by atoms with Gasteiger partial charge in [-0.1, -0.05) is 165 Å². The standard InChI is InChI=1S/C49H41N/c1-36-14-13-21-42(34-36)46-22-11-12-23-47(46)48-33-32-45(35-49(48)41-19-9-4-10-20-41)50(43-28-24-39(25-29-43)37-15-5-2-6-16-37)44-30-26-40(27-31-44)38-17-7-3-8-18-38/h2-13,15-31,34-36H,14,32-33H2,1H3. The molecule has 50 heavy (non-hydrogen) atoms. The summed E-state index contributed by atoms with van der Waals surface area (Å²) < 4.78 is 0. The van der Waals surface area contributed by atoms with E-state index < -0.39 is 0 Å². The van der Waals surface area contributed by atoms with Gasteiger partial charge in [0.25, 0.3) is 0 Å². The van der Waals surface area contributed by atoms with Crippen LogP contribution in [0.4, 0.5) is 11.4 Å². The van der Waals surface area contributed by atoms with Gasteiger partial charge in [-0.2, -0.15) is 0 Å². The Hall–Kier alpha value is -5.92. The van der Waals surface area contributed by atoms with Crippen molar-refractivity contribution in [3.8, 4) is 22.3 Å². The lowest BCUT2D eigenvalue weighted by Gasteiger charge is -2.32. The molecule has 1 heteroatoms. The summed E-state index contributed by atoms with van der Waals surface area (Å²) in [6.07, 6.45) is 12.5. The van der Waals surface area contributed by atoms with Crippen LogP contribution in [-0.4, -0.2) is 0 Å². The lowest BCUT2D eigenvalue weighted by Crippen LogP contribution is -2.19. The van der Waals surface area contributed by atoms with Gasteiger partial charge in [0.1, 0.15) is 0 Å². The van der Waals surface area contributed by atoms with E-state index in [1.807, 2.05) is 0 Å². The van der Waals surface area contributed by atoms with Crippen LogP contribution < -0.4 is 4.90 Å². The van der Waals surface area contributed by atoms with Crippen LogP contribution in [0.1, 0.15) is 42.9 Å². The Balaban J connectivity index is 1.27. The van der Waals surface area contributed by atoms with E-state index in [9.17, 15) is 0 Å². The molecule has 6 aromatic rings. The largest absolute Gasteiger partial charge is 0.314 e. The Morgan fingerprint density at radius 2 is 0.960 bits per heavy atom. The third-order valence-electron chi connectivity index (χ3n) is 9.94. The molecular weight excluding hydrogens is 603 g/mol. The van der Waals surface area contributed by atoms with E-state index in [1.165, 1.54) is 61.4 Å². The van der Waals surface area contributed by atoms with Gasteiger partial charge in [0, 0.05) is 17.1 Å². The summed E-state index contributed by atoms with van der Waals surface area (Å²) in [4.78, 5) is 2.46. The van der Waals surface area contributed by atoms with Crippen LogP contribution in [0.5, 0.6) is 0 Å². The highest BCUT2D eigenvalue weighted by Crippen LogP contribution is 2.44. The molecule has 0 aliphatic heterocycles. The van der Waals surface area contributed by atoms with Crippen molar-refractivity contribution < 1.29 is 0 Å². The molecule has 0 bridgehead atoms. The second-order valence-corrected chi connectivity index (χ2v) is 13.3. The topological polar surface area (TPSA) is 3.24 Å². The molecule has 0 amide bonds. The number of benzene rings is 6. The molecule has 0 saturated heterocycles. The maximum absolute atomic E-state index is 2.46. The molecule has 0 aromatic heterocycles. The fourth-order valence-corrected chi connectivity index (χ4v) is 7.41. The molecule has 0 heterocycles. The monoisotopic (exact) mass is 643 g/mol. The second kappa shape index (κ2) is 14.3. The number of rotatable bonds is 8. The van der Waals surface area contributed by atoms with Gasteiger partial charge in [-0.05, 0) is 111 Å². The van der Waals surface area contributed by atoms with E-state index in [-0.39, 0.29) is 0 Å². The van der Waals surface area contributed by atoms with Crippen molar-refractivity contribution in [1.29, 1.82) is 0 Å². The summed E-state index contributed by atoms with van der Waals surface area (Å²) >= 11 is 0. The SMILES string of the molecule is CC1C=C(c2ccccc2C2=C(c3ccccc3)C=C(N(c3ccc(-c4ccccc4)cc3)c3ccc(-c4ccccc4)cc3)CC2)C=CC1. The van der Waals surface area contributed by atoms with Crippen molar-refractivity contribution in [2.45, 2.75) is 26.2 Å². The fourth-order valence-electron chi connectivity index (χ4n) is 7.41. The molecule has 2 aliphatic carbocycles. The summed E-state index contributed by atoms with van der Waals surface area (Å²) in [6, 6.07) is 59.3. The van der Waals surface area contributed by atoms with E-state index in [0.717, 1.165) is 30.6 Å². The molecule has 2 aliphatic rings. The number of allylic oxidation sites excluding steroid dienone is 8. The predicted octanol–water partition coefficient (Wildman–Crippen LogP) is 13.4. The van der Waals surface area contributed by atoms with Crippen molar-refractivity contribution in [2.24, 2.45) is 5.92 Å². The van der Waals surface area contributed by atoms with Crippen LogP contribution in [0.2, 0.25) is 0 Å². The van der Waals surface area contributed by atoms with Crippen molar-refractivity contribution in [2.75, 3.05) is 4.90 Å². The third kappa shape index (κ3) is 6.56. The Bertz CT molecular complexity index is 2120. The van der Waals surface area contributed by atoms with Crippen LogP contribution in [0.15, 0.2) is 194 Å². The van der Waals surface area contributed by atoms with Crippen molar-refractivity contribution >= 4 is 28.1 Å². The Morgan fingerprint density at radius 3 is 1.50 bits per heavy atom. The molecule has 0 saturated carbocycles. The summed E-state index contributed by atoms with van der Waals surface area (Å²) in [5.41, 5.74) is 16.4. The van der Waals surface area contributed by atoms with Crippen molar-refractivity contribution in [1.82, 2.24) is 0 Å². The molecule has 0 spiro atoms. The van der Waals surface area contributed by atoms with Crippen molar-refractivity contribution in [3.63, 3.8) is 0 Å². The minimum atomic E-state index is 0.540. The first-order chi connectivity index (χ1) is 24.7. The zero-order valence-corrected chi connectivity index (χ0v) is 28.5. The second-order valence-electron chi connectivity index (χ2n) is 13.3. The van der Waals surface area contributed by atoms with E-state index in [2.05, 4.69) is 200 Å². The Labute approximate surface area is 296 Å². The van der Waals surface area contributed by atoms with Crippen LogP contribution in [0, 0.1) is 5.92 Å². The number of hydrogen-bond donors (Lipinski definition) is 0. The summed E-state index contributed by atoms with van der Waals surface area (Å²) in [5.74, 6) is 0.540. The zero-order chi connectivity index (χ0) is 33.7. The third-order valence-corrected chi connectivity index (χ3v) is 9.94. The van der Waals surface area contributed by atoms with Gasteiger partial charge in [0.15, 0.2) is 0 Å². The van der Waals surface area contributed by atoms with Crippen LogP contribution in [0.3, 0.4) is 0 Å². The Morgan fingerprint density at radius 1 is 0.480 bits per heavy atom. The van der Waals surface area contributed by atoms with Gasteiger partial charge in [-0.25, -0.2) is 0 Å². The lowest BCUT2D eigenvalue weighted by molar-refractivity contribution is 0.740. The van der Waals surface area contributed by atoms with Gasteiger partial charge in [-0.15, -0.1) is 0 Å². The minimum Gasteiger partial charge on any atom is -0.314 e. The van der Waals surface area contributed by atoms with E-state index in [4.69, 9.17) is 0 Å². The first-order valence-electron chi connectivity index (χ1n) is 17.8. The summed E-state index contributed by atoms with van der Waals surface area (Å²) in [6.45, 7) is 2.31. The number of hydrogen-bond acceptors (Lipinski definition) is 1. The smallest absolute Gasteiger partial charge is 0.0458 e. The van der Waals surface area contributed by atoms with Gasteiger partial charge < -0.3 is 4.90 Å². The highest BCUT2D eigenvalue weighted by Gasteiger charge is 2.24. The molecule has 0 N–H and O–H groups in total. The van der Waals surface area contributed by atoms with Crippen LogP contribution in [0.25, 0.3) is 39.0 Å². The van der Waals surface area contributed by atoms with Gasteiger partial charge in [0.2, 0.25) is 0 Å². The van der Waals surface area contributed by atoms with E-state index in [1.54, 1.807) is 0 Å². The molecule has 1 unspecified atom stereocenters. The molecule has 242 valence electrons. The lowest BCUT2D eigenvalue weighted by atomic mass is 9.82. The van der Waals surface area contributed by atoms with Gasteiger partial charge in [-0.3, -0.25) is 0 Å². The van der Waals surface area contributed by atoms with Gasteiger partial charge >= 0.3 is 0 Å². The number of anilines is 2. The average Bonchev–Trinajstić information content (AvgIpc) is 3.19. The maximum Gasteiger partial charge on any atom is 0.0458 e. The molecule has 0 fully saturated rings. The van der Waals surface area contributed by atoms with E-state index in [0.29, 0.717) is 5.92 Å². The first kappa shape index (κ1) is 31.4. The predicted molar refractivity (Wildman–Crippen MR) is 214 cm³/mol. The highest BCUT2D eigenvalue weighted by atomic mass is 15.1. The summed E-state index contributed by atoms with van der Waals surface area (Å²) in [5, 5.41) is 0. The molecule has 1 nitrogen and oxygen atoms in total. The molecule has 1 atom stereocenters. The fraction of sp³-hybridized carbons (Fsp3) is 0.102. The van der Waals surface area contributed by atoms with Gasteiger partial charge in [0.05, 0.1) is 0 Å². The summed E-state index contributed by atoms with van der Waals surface area (Å²) in [7, 11) is 0. The van der Waals surface area contributed by atoms with Crippen LogP contribution in [-0.2, 0) is 0 Å². The number of nitrogens with zero attached hydrogens (tertiary/aromatic N) is 1. The highest BCUT2D eigenvalue weighted by molar-refractivity contribution is 6.00. The molecule has 0 radical (unpaired) electrons. The maximum atomic E-state index is 2.46. The Kier molecular flexibility index (Phi) is 8.96. The quantitative estimate of drug-likeness (QED) is 0.160. The first-order valence-corrected chi connectivity index (χ1v) is 17.8. The molecule has 8 rings (SSSR count). The minimum absolute atomic E-state index is 0.540. The molecular formula is C49H41N. The van der Waals surface area contributed by atoms with Crippen molar-refractivity contribution in [3.05, 3.63) is 210 Å². The van der Waals surface area contributed by atoms with Crippen LogP contribution >= 0.6 is 0 Å². The normalized spacial score (nSPS) is 15.7. The van der Waals surface area contributed by atoms with E-state index >= 15 is 0 Å². The zero-order valence-electron chi connectivity index (χ0n) is 28.5.